The molecule has 0 radical (unpaired) electrons. The van der Waals surface area contributed by atoms with Gasteiger partial charge in [0.2, 0.25) is 18.2 Å². The Labute approximate surface area is 122 Å². The normalized spacial score (nSPS) is 9.29. The van der Waals surface area contributed by atoms with Gasteiger partial charge in [0.15, 0.2) is 0 Å². The quantitative estimate of drug-likeness (QED) is 0.592. The highest BCUT2D eigenvalue weighted by Crippen LogP contribution is 2.29. The number of aliphatic imine (C=N–C) groups is 3. The minimum atomic E-state index is 0.151. The highest BCUT2D eigenvalue weighted by molar-refractivity contribution is 5.52. The van der Waals surface area contributed by atoms with Crippen LogP contribution in [0, 0.1) is 20.8 Å². The third kappa shape index (κ3) is 3.68. The zero-order chi connectivity index (χ0) is 15.8. The molecule has 21 heavy (non-hydrogen) atoms. The zero-order valence-electron chi connectivity index (χ0n) is 12.2. The van der Waals surface area contributed by atoms with E-state index in [4.69, 9.17) is 0 Å². The average Bonchev–Trinajstić information content (AvgIpc) is 2.48. The fraction of sp³-hybridized carbons (Fsp3) is 0.400. The third-order valence-electron chi connectivity index (χ3n) is 3.64. The molecule has 6 heteroatoms. The first kappa shape index (κ1) is 16.4. The molecule has 0 aromatic heterocycles. The topological polar surface area (TPSA) is 88.3 Å². The van der Waals surface area contributed by atoms with Crippen LogP contribution < -0.4 is 0 Å². The van der Waals surface area contributed by atoms with Crippen LogP contribution in [0.4, 0.5) is 0 Å². The van der Waals surface area contributed by atoms with Gasteiger partial charge >= 0.3 is 0 Å². The van der Waals surface area contributed by atoms with Gasteiger partial charge in [0, 0.05) is 0 Å². The van der Waals surface area contributed by atoms with Gasteiger partial charge in [-0.15, -0.1) is 0 Å². The van der Waals surface area contributed by atoms with Crippen molar-refractivity contribution in [2.45, 2.75) is 40.4 Å². The molecule has 0 amide bonds. The Morgan fingerprint density at radius 3 is 1.38 bits per heavy atom. The van der Waals surface area contributed by atoms with Crippen LogP contribution in [0.1, 0.15) is 33.4 Å². The molecule has 0 fully saturated rings. The molecule has 0 aliphatic heterocycles. The average molecular weight is 285 g/mol. The van der Waals surface area contributed by atoms with Crippen LogP contribution in [0.15, 0.2) is 15.0 Å². The number of isocyanates is 3. The van der Waals surface area contributed by atoms with Crippen LogP contribution in [0.3, 0.4) is 0 Å². The molecule has 1 aromatic carbocycles. The second-order valence-electron chi connectivity index (χ2n) is 4.53. The van der Waals surface area contributed by atoms with Crippen LogP contribution in [-0.4, -0.2) is 18.2 Å². The summed E-state index contributed by atoms with van der Waals surface area (Å²) >= 11 is 0. The van der Waals surface area contributed by atoms with E-state index in [0.29, 0.717) is 0 Å². The fourth-order valence-electron chi connectivity index (χ4n) is 2.37. The predicted octanol–water partition coefficient (Wildman–Crippen LogP) is 2.12. The number of hydrogen-bond acceptors (Lipinski definition) is 6. The van der Waals surface area contributed by atoms with Crippen molar-refractivity contribution in [1.82, 2.24) is 0 Å². The molecule has 0 atom stereocenters. The Morgan fingerprint density at radius 2 is 0.952 bits per heavy atom. The summed E-state index contributed by atoms with van der Waals surface area (Å²) in [7, 11) is 0. The van der Waals surface area contributed by atoms with Crippen LogP contribution in [-0.2, 0) is 34.0 Å². The Kier molecular flexibility index (Phi) is 6.12. The standard InChI is InChI=1S/C15H15N3O3/c1-10-11(2)14(5-17-8-20)15(6-18-9-21)12(3)13(10)4-16-7-19/h4-6H2,1-3H3. The summed E-state index contributed by atoms with van der Waals surface area (Å²) in [4.78, 5) is 41.9. The highest BCUT2D eigenvalue weighted by atomic mass is 16.1. The molecule has 0 bridgehead atoms. The molecule has 0 saturated heterocycles. The second-order valence-corrected chi connectivity index (χ2v) is 4.53. The summed E-state index contributed by atoms with van der Waals surface area (Å²) < 4.78 is 0. The van der Waals surface area contributed by atoms with E-state index < -0.39 is 0 Å². The number of rotatable bonds is 6. The molecule has 6 nitrogen and oxygen atoms in total. The van der Waals surface area contributed by atoms with Crippen molar-refractivity contribution < 1.29 is 14.4 Å². The molecule has 0 spiro atoms. The van der Waals surface area contributed by atoms with E-state index in [1.807, 2.05) is 20.8 Å². The Hall–Kier alpha value is -2.64. The Balaban J connectivity index is 3.59. The van der Waals surface area contributed by atoms with E-state index in [0.717, 1.165) is 33.4 Å². The van der Waals surface area contributed by atoms with Crippen LogP contribution in [0.25, 0.3) is 0 Å². The fourth-order valence-corrected chi connectivity index (χ4v) is 2.37. The van der Waals surface area contributed by atoms with Gasteiger partial charge in [0.05, 0.1) is 19.6 Å². The van der Waals surface area contributed by atoms with Gasteiger partial charge < -0.3 is 0 Å². The molecule has 108 valence electrons. The van der Waals surface area contributed by atoms with Crippen LogP contribution >= 0.6 is 0 Å². The van der Waals surface area contributed by atoms with Gasteiger partial charge in [-0.3, -0.25) is 0 Å². The molecule has 0 aliphatic carbocycles. The first-order valence-corrected chi connectivity index (χ1v) is 6.29. The van der Waals surface area contributed by atoms with E-state index in [1.54, 1.807) is 0 Å². The summed E-state index contributed by atoms with van der Waals surface area (Å²) in [5.74, 6) is 0. The first-order valence-electron chi connectivity index (χ1n) is 6.29. The minimum absolute atomic E-state index is 0.151. The zero-order valence-corrected chi connectivity index (χ0v) is 12.2. The Bertz CT molecular complexity index is 691. The van der Waals surface area contributed by atoms with E-state index in [9.17, 15) is 14.4 Å². The van der Waals surface area contributed by atoms with E-state index in [2.05, 4.69) is 15.0 Å². The van der Waals surface area contributed by atoms with Gasteiger partial charge in [-0.2, -0.15) is 0 Å². The maximum Gasteiger partial charge on any atom is 0.235 e. The van der Waals surface area contributed by atoms with Gasteiger partial charge in [-0.25, -0.2) is 29.4 Å². The van der Waals surface area contributed by atoms with Gasteiger partial charge in [-0.1, -0.05) is 0 Å². The molecule has 0 unspecified atom stereocenters. The van der Waals surface area contributed by atoms with Crippen molar-refractivity contribution in [3.63, 3.8) is 0 Å². The molecular formula is C15H15N3O3. The lowest BCUT2D eigenvalue weighted by atomic mass is 9.88. The lowest BCUT2D eigenvalue weighted by Crippen LogP contribution is -2.07. The molecular weight excluding hydrogens is 270 g/mol. The van der Waals surface area contributed by atoms with Gasteiger partial charge in [0.25, 0.3) is 0 Å². The lowest BCUT2D eigenvalue weighted by Gasteiger charge is -2.19. The van der Waals surface area contributed by atoms with E-state index >= 15 is 0 Å². The summed E-state index contributed by atoms with van der Waals surface area (Å²) in [6.45, 7) is 6.23. The van der Waals surface area contributed by atoms with Crippen molar-refractivity contribution in [3.05, 3.63) is 33.4 Å². The van der Waals surface area contributed by atoms with Crippen molar-refractivity contribution in [1.29, 1.82) is 0 Å². The SMILES string of the molecule is Cc1c(C)c(CN=C=O)c(CN=C=O)c(C)c1CN=C=O. The molecule has 0 saturated carbocycles. The number of nitrogens with zero attached hydrogens (tertiary/aromatic N) is 3. The largest absolute Gasteiger partial charge is 0.235 e. The number of hydrogen-bond donors (Lipinski definition) is 0. The monoisotopic (exact) mass is 285 g/mol. The van der Waals surface area contributed by atoms with Crippen molar-refractivity contribution in [2.75, 3.05) is 0 Å². The maximum atomic E-state index is 10.4. The number of carbonyl (C=O) groups excluding carboxylic acids is 3. The second kappa shape index (κ2) is 7.83. The van der Waals surface area contributed by atoms with E-state index in [-0.39, 0.29) is 19.6 Å². The first-order chi connectivity index (χ1) is 10.1. The number of benzene rings is 1. The third-order valence-corrected chi connectivity index (χ3v) is 3.64. The summed E-state index contributed by atoms with van der Waals surface area (Å²) in [6.07, 6.45) is 4.54. The molecule has 1 rings (SSSR count). The van der Waals surface area contributed by atoms with Crippen molar-refractivity contribution in [3.8, 4) is 0 Å². The maximum absolute atomic E-state index is 10.4. The van der Waals surface area contributed by atoms with E-state index in [1.165, 1.54) is 18.2 Å². The highest BCUT2D eigenvalue weighted by Gasteiger charge is 2.16. The smallest absolute Gasteiger partial charge is 0.211 e. The lowest BCUT2D eigenvalue weighted by molar-refractivity contribution is 0.561. The van der Waals surface area contributed by atoms with Crippen molar-refractivity contribution in [2.24, 2.45) is 15.0 Å². The molecule has 0 N–H and O–H groups in total. The van der Waals surface area contributed by atoms with Crippen LogP contribution in [0.2, 0.25) is 0 Å². The predicted molar refractivity (Wildman–Crippen MR) is 76.1 cm³/mol. The van der Waals surface area contributed by atoms with Gasteiger partial charge in [0.1, 0.15) is 0 Å². The minimum Gasteiger partial charge on any atom is -0.211 e. The Morgan fingerprint density at radius 1 is 0.619 bits per heavy atom. The van der Waals surface area contributed by atoms with Crippen molar-refractivity contribution >= 4 is 18.2 Å². The molecule has 0 heterocycles. The summed E-state index contributed by atoms with van der Waals surface area (Å²) in [5, 5.41) is 0. The summed E-state index contributed by atoms with van der Waals surface area (Å²) in [5.41, 5.74) is 5.33. The summed E-state index contributed by atoms with van der Waals surface area (Å²) in [6, 6.07) is 0. The molecule has 0 aliphatic rings. The molecule has 1 aromatic rings. The van der Waals surface area contributed by atoms with Gasteiger partial charge in [-0.05, 0) is 54.2 Å². The van der Waals surface area contributed by atoms with Crippen LogP contribution in [0.5, 0.6) is 0 Å².